The molecule has 9 rings (SSSR count). The minimum atomic E-state index is 0. The van der Waals surface area contributed by atoms with Gasteiger partial charge in [-0.3, -0.25) is 6.07 Å². The molecule has 6 aromatic carbocycles. The quantitative estimate of drug-likeness (QED) is 0.156. The number of hydrogen-bond acceptors (Lipinski definition) is 0. The predicted molar refractivity (Wildman–Crippen MR) is 176 cm³/mol. The molecule has 2 heterocycles. The van der Waals surface area contributed by atoms with E-state index < -0.39 is 0 Å². The first-order valence-corrected chi connectivity index (χ1v) is 15.0. The van der Waals surface area contributed by atoms with E-state index in [1.54, 1.807) is 0 Å². The van der Waals surface area contributed by atoms with Crippen molar-refractivity contribution in [2.75, 3.05) is 0 Å². The van der Waals surface area contributed by atoms with E-state index in [1.165, 1.54) is 46.4 Å². The Hall–Kier alpha value is -2.98. The van der Waals surface area contributed by atoms with Crippen molar-refractivity contribution in [1.82, 2.24) is 9.13 Å². The van der Waals surface area contributed by atoms with Gasteiger partial charge < -0.3 is 32.7 Å². The molecule has 0 N–H and O–H groups in total. The molecule has 0 aliphatic heterocycles. The summed E-state index contributed by atoms with van der Waals surface area (Å²) < 4.78 is 4.58. The molecular formula is C41H26N2U2. The van der Waals surface area contributed by atoms with Gasteiger partial charge in [0.2, 0.25) is 0 Å². The van der Waals surface area contributed by atoms with Crippen LogP contribution in [0, 0.1) is 99.0 Å². The zero-order valence-electron chi connectivity index (χ0n) is 24.6. The molecule has 1 saturated carbocycles. The van der Waals surface area contributed by atoms with Crippen molar-refractivity contribution in [3.8, 4) is 22.5 Å². The van der Waals surface area contributed by atoms with Crippen LogP contribution in [-0.4, -0.2) is 9.13 Å². The fraction of sp³-hybridized carbons (Fsp3) is 0.0976. The molecule has 2 nitrogen and oxygen atoms in total. The standard InChI is InChI=1S/C41H26N2.2U/c1-2-12-29(13-3-1)31-24-32(42-38-19-9-6-16-34(38)35-17-7-10-20-39(35)42)27-33(25-31)43-40-21-11-8-18-36(40)37-23-22-30(26-41(37)43)28-14-4-5-15-28;;/h1-3,6-12,14,16-19,21-24,28H,4-5,15H2;;/q-6;+2;+4. The Morgan fingerprint density at radius 2 is 1.33 bits per heavy atom. The minimum absolute atomic E-state index is 0. The molecule has 1 unspecified atom stereocenters. The topological polar surface area (TPSA) is 9.86 Å². The summed E-state index contributed by atoms with van der Waals surface area (Å²) in [5, 5.41) is 4.78. The van der Waals surface area contributed by atoms with Gasteiger partial charge in [-0.05, 0) is 22.9 Å². The molecule has 2 aromatic heterocycles. The van der Waals surface area contributed by atoms with Gasteiger partial charge in [-0.2, -0.15) is 72.5 Å². The molecule has 45 heavy (non-hydrogen) atoms. The second-order valence-corrected chi connectivity index (χ2v) is 11.4. The monoisotopic (exact) mass is 1020 g/mol. The van der Waals surface area contributed by atoms with Gasteiger partial charge in [-0.15, -0.1) is 28.2 Å². The number of nitrogens with zero attached hydrogens (tertiary/aromatic N) is 2. The van der Waals surface area contributed by atoms with Crippen molar-refractivity contribution in [2.24, 2.45) is 0 Å². The first-order valence-electron chi connectivity index (χ1n) is 15.0. The van der Waals surface area contributed by atoms with E-state index in [4.69, 9.17) is 0 Å². The van der Waals surface area contributed by atoms with Gasteiger partial charge >= 0.3 is 62.2 Å². The summed E-state index contributed by atoms with van der Waals surface area (Å²) in [5.41, 5.74) is 9.40. The Balaban J connectivity index is 0.00000163. The summed E-state index contributed by atoms with van der Waals surface area (Å²) in [6, 6.07) is 56.7. The summed E-state index contributed by atoms with van der Waals surface area (Å²) in [5.74, 6) is 0.456. The van der Waals surface area contributed by atoms with Crippen LogP contribution >= 0.6 is 0 Å². The number of rotatable bonds is 4. The first-order chi connectivity index (χ1) is 21.3. The van der Waals surface area contributed by atoms with Crippen molar-refractivity contribution >= 4 is 43.6 Å². The van der Waals surface area contributed by atoms with E-state index in [0.717, 1.165) is 44.6 Å². The van der Waals surface area contributed by atoms with Crippen LogP contribution in [0.25, 0.3) is 66.1 Å². The van der Waals surface area contributed by atoms with Crippen LogP contribution < -0.4 is 0 Å². The average molecular weight is 1020 g/mol. The maximum absolute atomic E-state index is 3.87. The van der Waals surface area contributed by atoms with E-state index in [9.17, 15) is 0 Å². The van der Waals surface area contributed by atoms with Crippen LogP contribution in [0.5, 0.6) is 0 Å². The van der Waals surface area contributed by atoms with Gasteiger partial charge in [0.25, 0.3) is 0 Å². The maximum Gasteiger partial charge on any atom is 4.00 e. The Bertz CT molecular complexity index is 2250. The SMILES string of the molecule is [U+2].[U+4].[c-]1ccccc1-c1[c-]c(-n2c3[c-]c(C4[CH-]CCC4)ccc3c3ccccc32)[c-]c(-n2c3[c-]cccc3c3ccccc32)c1. The molecular weight excluding hydrogens is 997 g/mol. The Morgan fingerprint density at radius 1 is 0.622 bits per heavy atom. The third-order valence-corrected chi connectivity index (χ3v) is 8.91. The largest absolute Gasteiger partial charge is 4.00 e. The van der Waals surface area contributed by atoms with Gasteiger partial charge in [-0.1, -0.05) is 60.3 Å². The number of para-hydroxylation sites is 3. The maximum atomic E-state index is 3.87. The van der Waals surface area contributed by atoms with E-state index >= 15 is 0 Å². The van der Waals surface area contributed by atoms with Gasteiger partial charge in [0.05, 0.1) is 0 Å². The van der Waals surface area contributed by atoms with E-state index in [2.05, 4.69) is 137 Å². The van der Waals surface area contributed by atoms with Gasteiger partial charge in [0.15, 0.2) is 0 Å². The third-order valence-electron chi connectivity index (χ3n) is 8.91. The molecule has 1 aliphatic carbocycles. The van der Waals surface area contributed by atoms with Crippen LogP contribution in [0.1, 0.15) is 30.7 Å². The molecule has 208 valence electrons. The molecule has 0 bridgehead atoms. The zero-order valence-corrected chi connectivity index (χ0v) is 32.9. The average Bonchev–Trinajstić information content (AvgIpc) is 3.80. The number of benzene rings is 6. The van der Waals surface area contributed by atoms with Crippen LogP contribution in [-0.2, 0) is 0 Å². The van der Waals surface area contributed by atoms with Crippen LogP contribution in [0.4, 0.5) is 0 Å². The number of fused-ring (bicyclic) bond motifs is 6. The minimum Gasteiger partial charge on any atom is -0.371 e. The van der Waals surface area contributed by atoms with Crippen molar-refractivity contribution in [2.45, 2.75) is 25.2 Å². The molecule has 1 atom stereocenters. The van der Waals surface area contributed by atoms with Crippen molar-refractivity contribution < 1.29 is 62.2 Å². The van der Waals surface area contributed by atoms with Crippen LogP contribution in [0.3, 0.4) is 0 Å². The smallest absolute Gasteiger partial charge is 0.371 e. The number of aromatic nitrogens is 2. The summed E-state index contributed by atoms with van der Waals surface area (Å²) in [4.78, 5) is 0. The van der Waals surface area contributed by atoms with E-state index in [-0.39, 0.29) is 62.2 Å². The third kappa shape index (κ3) is 5.16. The van der Waals surface area contributed by atoms with Crippen molar-refractivity contribution in [1.29, 1.82) is 0 Å². The van der Waals surface area contributed by atoms with Crippen molar-refractivity contribution in [3.63, 3.8) is 0 Å². The van der Waals surface area contributed by atoms with E-state index in [0.29, 0.717) is 5.92 Å². The number of hydrogen-bond donors (Lipinski definition) is 0. The summed E-state index contributed by atoms with van der Waals surface area (Å²) in [7, 11) is 0. The van der Waals surface area contributed by atoms with Gasteiger partial charge in [-0.25, -0.2) is 18.2 Å². The molecule has 8 aromatic rings. The van der Waals surface area contributed by atoms with Gasteiger partial charge in [0.1, 0.15) is 0 Å². The molecule has 4 heteroatoms. The molecule has 1 fully saturated rings. The Kier molecular flexibility index (Phi) is 8.63. The van der Waals surface area contributed by atoms with Gasteiger partial charge in [0, 0.05) is 11.0 Å². The van der Waals surface area contributed by atoms with Crippen molar-refractivity contribution in [3.05, 3.63) is 152 Å². The first kappa shape index (κ1) is 30.7. The van der Waals surface area contributed by atoms with E-state index in [1.807, 2.05) is 18.2 Å². The summed E-state index contributed by atoms with van der Waals surface area (Å²) >= 11 is 0. The molecule has 0 spiro atoms. The normalized spacial score (nSPS) is 14.6. The fourth-order valence-corrected chi connectivity index (χ4v) is 6.94. The second-order valence-electron chi connectivity index (χ2n) is 11.4. The molecule has 0 radical (unpaired) electrons. The second kappa shape index (κ2) is 12.7. The fourth-order valence-electron chi connectivity index (χ4n) is 6.94. The molecule has 1 aliphatic rings. The predicted octanol–water partition coefficient (Wildman–Crippen LogP) is 10.0. The molecule has 0 amide bonds. The molecule has 0 saturated heterocycles. The van der Waals surface area contributed by atoms with Crippen LogP contribution in [0.15, 0.2) is 109 Å². The Morgan fingerprint density at radius 3 is 2.09 bits per heavy atom. The summed E-state index contributed by atoms with van der Waals surface area (Å²) in [6.07, 6.45) is 6.06. The summed E-state index contributed by atoms with van der Waals surface area (Å²) in [6.45, 7) is 0. The Labute approximate surface area is 311 Å². The van der Waals surface area contributed by atoms with Crippen LogP contribution in [0.2, 0.25) is 0 Å². The zero-order chi connectivity index (χ0) is 28.3.